The molecule has 2 aromatic carbocycles. The fraction of sp³-hybridized carbons (Fsp3) is 0.321. The summed E-state index contributed by atoms with van der Waals surface area (Å²) in [5.41, 5.74) is 12.9. The van der Waals surface area contributed by atoms with E-state index in [2.05, 4.69) is 45.9 Å². The van der Waals surface area contributed by atoms with E-state index in [1.54, 1.807) is 14.2 Å². The molecule has 0 amide bonds. The first-order chi connectivity index (χ1) is 17.5. The Morgan fingerprint density at radius 2 is 1.81 bits per heavy atom. The SMILES string of the molecule is C=C(c1c(OC)cccc1OC)c1[nH]nc2nc(N3CCC4(CC3)Cc3ccccc3[C@H]4N)cnc12. The first-order valence-corrected chi connectivity index (χ1v) is 12.2. The molecule has 1 spiro atoms. The summed E-state index contributed by atoms with van der Waals surface area (Å²) in [6, 6.07) is 14.3. The molecule has 0 bridgehead atoms. The first kappa shape index (κ1) is 22.5. The molecule has 0 unspecified atom stereocenters. The zero-order chi connectivity index (χ0) is 24.9. The summed E-state index contributed by atoms with van der Waals surface area (Å²) in [4.78, 5) is 11.9. The van der Waals surface area contributed by atoms with E-state index in [4.69, 9.17) is 25.2 Å². The molecule has 1 atom stereocenters. The highest BCUT2D eigenvalue weighted by Gasteiger charge is 2.45. The van der Waals surface area contributed by atoms with Crippen LogP contribution in [0.2, 0.25) is 0 Å². The summed E-state index contributed by atoms with van der Waals surface area (Å²) in [7, 11) is 3.26. The lowest BCUT2D eigenvalue weighted by molar-refractivity contribution is 0.187. The summed E-state index contributed by atoms with van der Waals surface area (Å²) in [5, 5.41) is 7.53. The van der Waals surface area contributed by atoms with E-state index in [0.29, 0.717) is 33.9 Å². The number of piperidine rings is 1. The Kier molecular flexibility index (Phi) is 5.41. The van der Waals surface area contributed by atoms with Crippen LogP contribution >= 0.6 is 0 Å². The third-order valence-electron chi connectivity index (χ3n) is 7.96. The van der Waals surface area contributed by atoms with Crippen LogP contribution in [-0.2, 0) is 6.42 Å². The number of nitrogens with one attached hydrogen (secondary N) is 1. The Bertz CT molecular complexity index is 1430. The van der Waals surface area contributed by atoms with Crippen molar-refractivity contribution in [3.05, 3.63) is 77.6 Å². The van der Waals surface area contributed by atoms with Crippen LogP contribution in [0.1, 0.15) is 41.3 Å². The van der Waals surface area contributed by atoms with Crippen molar-refractivity contribution in [1.82, 2.24) is 20.2 Å². The lowest BCUT2D eigenvalue weighted by Crippen LogP contribution is -2.44. The summed E-state index contributed by atoms with van der Waals surface area (Å²) in [6.07, 6.45) is 4.94. The first-order valence-electron chi connectivity index (χ1n) is 12.2. The lowest BCUT2D eigenvalue weighted by Gasteiger charge is -2.42. The van der Waals surface area contributed by atoms with Crippen molar-refractivity contribution >= 4 is 22.6 Å². The van der Waals surface area contributed by atoms with E-state index in [-0.39, 0.29) is 11.5 Å². The van der Waals surface area contributed by atoms with Crippen LogP contribution in [0, 0.1) is 5.41 Å². The van der Waals surface area contributed by atoms with Crippen molar-refractivity contribution in [2.24, 2.45) is 11.1 Å². The van der Waals surface area contributed by atoms with Gasteiger partial charge in [0.25, 0.3) is 0 Å². The maximum Gasteiger partial charge on any atom is 0.202 e. The van der Waals surface area contributed by atoms with Crippen molar-refractivity contribution in [1.29, 1.82) is 0 Å². The molecule has 2 aromatic heterocycles. The van der Waals surface area contributed by atoms with Gasteiger partial charge in [-0.25, -0.2) is 9.97 Å². The van der Waals surface area contributed by atoms with Gasteiger partial charge in [-0.05, 0) is 47.9 Å². The number of nitrogens with zero attached hydrogens (tertiary/aromatic N) is 4. The Hall–Kier alpha value is -3.91. The number of H-pyrrole nitrogens is 1. The molecule has 1 aliphatic carbocycles. The van der Waals surface area contributed by atoms with Gasteiger partial charge in [0, 0.05) is 24.7 Å². The van der Waals surface area contributed by atoms with Gasteiger partial charge in [0.2, 0.25) is 5.65 Å². The van der Waals surface area contributed by atoms with Crippen molar-refractivity contribution < 1.29 is 9.47 Å². The van der Waals surface area contributed by atoms with Crippen LogP contribution in [0.4, 0.5) is 5.82 Å². The molecule has 1 saturated heterocycles. The zero-order valence-corrected chi connectivity index (χ0v) is 20.6. The van der Waals surface area contributed by atoms with Crippen molar-refractivity contribution in [3.8, 4) is 11.5 Å². The van der Waals surface area contributed by atoms with E-state index in [0.717, 1.165) is 43.7 Å². The largest absolute Gasteiger partial charge is 0.496 e. The quantitative estimate of drug-likeness (QED) is 0.438. The van der Waals surface area contributed by atoms with Gasteiger partial charge >= 0.3 is 0 Å². The number of nitrogens with two attached hydrogens (primary N) is 1. The third kappa shape index (κ3) is 3.44. The molecule has 0 saturated carbocycles. The molecule has 8 heteroatoms. The number of ether oxygens (including phenoxy) is 2. The van der Waals surface area contributed by atoms with Gasteiger partial charge in [0.15, 0.2) is 0 Å². The second kappa shape index (κ2) is 8.64. The Morgan fingerprint density at radius 3 is 2.50 bits per heavy atom. The normalized spacial score (nSPS) is 18.4. The molecule has 1 aliphatic heterocycles. The smallest absolute Gasteiger partial charge is 0.202 e. The Morgan fingerprint density at radius 1 is 1.08 bits per heavy atom. The average Bonchev–Trinajstić information content (AvgIpc) is 3.47. The van der Waals surface area contributed by atoms with Gasteiger partial charge in [-0.15, -0.1) is 0 Å². The Labute approximate surface area is 210 Å². The van der Waals surface area contributed by atoms with Crippen molar-refractivity contribution in [3.63, 3.8) is 0 Å². The lowest BCUT2D eigenvalue weighted by atomic mass is 9.73. The van der Waals surface area contributed by atoms with Crippen LogP contribution in [0.15, 0.2) is 55.2 Å². The molecular formula is C28H30N6O2. The average molecular weight is 483 g/mol. The summed E-state index contributed by atoms with van der Waals surface area (Å²) in [6.45, 7) is 6.08. The number of rotatable bonds is 5. The minimum atomic E-state index is 0.0938. The zero-order valence-electron chi connectivity index (χ0n) is 20.6. The topological polar surface area (TPSA) is 102 Å². The minimum Gasteiger partial charge on any atom is -0.496 e. The number of hydrogen-bond acceptors (Lipinski definition) is 7. The molecule has 8 nitrogen and oxygen atoms in total. The third-order valence-corrected chi connectivity index (χ3v) is 7.96. The van der Waals surface area contributed by atoms with Gasteiger partial charge in [-0.1, -0.05) is 36.9 Å². The molecule has 4 aromatic rings. The number of aromatic nitrogens is 4. The number of fused-ring (bicyclic) bond motifs is 2. The van der Waals surface area contributed by atoms with Crippen LogP contribution < -0.4 is 20.1 Å². The maximum absolute atomic E-state index is 6.75. The second-order valence-electron chi connectivity index (χ2n) is 9.72. The number of anilines is 1. The number of methoxy groups -OCH3 is 2. The summed E-state index contributed by atoms with van der Waals surface area (Å²) < 4.78 is 11.1. The van der Waals surface area contributed by atoms with E-state index in [1.165, 1.54) is 11.1 Å². The second-order valence-corrected chi connectivity index (χ2v) is 9.72. The Balaban J connectivity index is 1.24. The minimum absolute atomic E-state index is 0.0938. The van der Waals surface area contributed by atoms with E-state index in [9.17, 15) is 0 Å². The highest BCUT2D eigenvalue weighted by molar-refractivity contribution is 5.93. The van der Waals surface area contributed by atoms with E-state index in [1.807, 2.05) is 24.4 Å². The van der Waals surface area contributed by atoms with Crippen LogP contribution in [0.3, 0.4) is 0 Å². The number of aromatic amines is 1. The van der Waals surface area contributed by atoms with Gasteiger partial charge in [0.1, 0.15) is 22.8 Å². The molecule has 6 rings (SSSR count). The molecule has 3 N–H and O–H groups in total. The molecule has 3 heterocycles. The van der Waals surface area contributed by atoms with E-state index < -0.39 is 0 Å². The van der Waals surface area contributed by atoms with Crippen LogP contribution in [0.25, 0.3) is 16.7 Å². The predicted molar refractivity (Wildman–Crippen MR) is 140 cm³/mol. The standard InChI is InChI=1S/C28H30N6O2/c1-17(23-20(35-2)9-6-10-21(23)36-3)24-25-27(33-32-24)31-22(16-30-25)34-13-11-28(12-14-34)15-18-7-4-5-8-19(18)26(28)29/h4-10,16,26H,1,11-15,29H2,2-3H3,(H,31,32,33)/t26-/m1/s1. The van der Waals surface area contributed by atoms with E-state index >= 15 is 0 Å². The highest BCUT2D eigenvalue weighted by Crippen LogP contribution is 2.51. The predicted octanol–water partition coefficient (Wildman–Crippen LogP) is 4.27. The summed E-state index contributed by atoms with van der Waals surface area (Å²) >= 11 is 0. The fourth-order valence-corrected chi connectivity index (χ4v) is 5.91. The highest BCUT2D eigenvalue weighted by atomic mass is 16.5. The number of benzene rings is 2. The van der Waals surface area contributed by atoms with Crippen LogP contribution in [0.5, 0.6) is 11.5 Å². The monoisotopic (exact) mass is 482 g/mol. The van der Waals surface area contributed by atoms with Crippen molar-refractivity contribution in [2.45, 2.75) is 25.3 Å². The van der Waals surface area contributed by atoms with Crippen molar-refractivity contribution in [2.75, 3.05) is 32.2 Å². The summed E-state index contributed by atoms with van der Waals surface area (Å²) in [5.74, 6) is 2.17. The molecule has 36 heavy (non-hydrogen) atoms. The van der Waals surface area contributed by atoms with Gasteiger partial charge in [0.05, 0.1) is 31.7 Å². The molecule has 184 valence electrons. The van der Waals surface area contributed by atoms with Crippen LogP contribution in [-0.4, -0.2) is 47.5 Å². The molecule has 1 fully saturated rings. The number of hydrogen-bond donors (Lipinski definition) is 2. The fourth-order valence-electron chi connectivity index (χ4n) is 5.91. The molecule has 2 aliphatic rings. The molecule has 0 radical (unpaired) electrons. The molecular weight excluding hydrogens is 452 g/mol. The van der Waals surface area contributed by atoms with Gasteiger partial charge in [-0.2, -0.15) is 5.10 Å². The maximum atomic E-state index is 6.75. The van der Waals surface area contributed by atoms with Gasteiger partial charge in [-0.3, -0.25) is 5.10 Å². The van der Waals surface area contributed by atoms with Gasteiger partial charge < -0.3 is 20.1 Å².